The van der Waals surface area contributed by atoms with Crippen LogP contribution in [0.1, 0.15) is 36.0 Å². The van der Waals surface area contributed by atoms with Crippen molar-refractivity contribution in [3.05, 3.63) is 28.8 Å². The third-order valence-corrected chi connectivity index (χ3v) is 4.66. The number of fused-ring (bicyclic) bond motifs is 2. The Balaban J connectivity index is 1.60. The van der Waals surface area contributed by atoms with Crippen molar-refractivity contribution in [1.29, 1.82) is 0 Å². The van der Waals surface area contributed by atoms with Crippen LogP contribution < -0.4 is 5.43 Å². The number of hydrazone groups is 1. The highest BCUT2D eigenvalue weighted by molar-refractivity contribution is 6.31. The molecular formula is C15H17ClN2O2. The molecule has 2 N–H and O–H groups in total. The average Bonchev–Trinajstić information content (AvgIpc) is 3.04. The third kappa shape index (κ3) is 2.66. The Morgan fingerprint density at radius 2 is 2.25 bits per heavy atom. The van der Waals surface area contributed by atoms with Crippen molar-refractivity contribution in [3.8, 4) is 5.75 Å². The summed E-state index contributed by atoms with van der Waals surface area (Å²) >= 11 is 5.81. The molecule has 106 valence electrons. The lowest BCUT2D eigenvalue weighted by atomic mass is 9.90. The summed E-state index contributed by atoms with van der Waals surface area (Å²) in [6.07, 6.45) is 6.97. The van der Waals surface area contributed by atoms with Crippen molar-refractivity contribution in [1.82, 2.24) is 5.43 Å². The Morgan fingerprint density at radius 1 is 1.40 bits per heavy atom. The molecule has 4 nitrogen and oxygen atoms in total. The van der Waals surface area contributed by atoms with E-state index in [0.717, 1.165) is 11.8 Å². The molecule has 0 saturated heterocycles. The maximum absolute atomic E-state index is 11.9. The van der Waals surface area contributed by atoms with Gasteiger partial charge in [0.05, 0.1) is 5.56 Å². The number of hydrogen-bond donors (Lipinski definition) is 2. The topological polar surface area (TPSA) is 61.7 Å². The van der Waals surface area contributed by atoms with Gasteiger partial charge in [-0.2, -0.15) is 5.10 Å². The summed E-state index contributed by atoms with van der Waals surface area (Å²) in [5, 5.41) is 14.1. The zero-order valence-electron chi connectivity index (χ0n) is 11.1. The fourth-order valence-corrected chi connectivity index (χ4v) is 3.59. The van der Waals surface area contributed by atoms with Crippen LogP contribution in [0.2, 0.25) is 5.02 Å². The lowest BCUT2D eigenvalue weighted by molar-refractivity contribution is 0.0952. The minimum absolute atomic E-state index is 0.0953. The number of hydrogen-bond acceptors (Lipinski definition) is 3. The molecule has 0 heterocycles. The van der Waals surface area contributed by atoms with Crippen LogP contribution in [-0.2, 0) is 0 Å². The molecule has 0 aromatic heterocycles. The number of nitrogens with zero attached hydrogens (tertiary/aromatic N) is 1. The van der Waals surface area contributed by atoms with E-state index in [-0.39, 0.29) is 11.3 Å². The van der Waals surface area contributed by atoms with Crippen molar-refractivity contribution < 1.29 is 9.90 Å². The van der Waals surface area contributed by atoms with Gasteiger partial charge in [0.15, 0.2) is 0 Å². The predicted molar refractivity (Wildman–Crippen MR) is 78.0 cm³/mol. The second-order valence-corrected chi connectivity index (χ2v) is 6.16. The summed E-state index contributed by atoms with van der Waals surface area (Å²) in [5.41, 5.74) is 2.61. The first-order chi connectivity index (χ1) is 9.63. The molecule has 0 unspecified atom stereocenters. The van der Waals surface area contributed by atoms with Crippen LogP contribution in [0.4, 0.5) is 0 Å². The first-order valence-electron chi connectivity index (χ1n) is 6.95. The van der Waals surface area contributed by atoms with Crippen LogP contribution in [-0.4, -0.2) is 17.2 Å². The van der Waals surface area contributed by atoms with Gasteiger partial charge in [-0.15, -0.1) is 0 Å². The van der Waals surface area contributed by atoms with Gasteiger partial charge in [-0.05, 0) is 55.2 Å². The first kappa shape index (κ1) is 13.4. The summed E-state index contributed by atoms with van der Waals surface area (Å²) in [5.74, 6) is 1.54. The number of carbonyl (C=O) groups excluding carboxylic acids is 1. The number of aromatic hydroxyl groups is 1. The van der Waals surface area contributed by atoms with E-state index in [9.17, 15) is 9.90 Å². The zero-order chi connectivity index (χ0) is 14.1. The van der Waals surface area contributed by atoms with Crippen LogP contribution in [0.5, 0.6) is 5.75 Å². The molecule has 2 fully saturated rings. The molecule has 1 aromatic carbocycles. The highest BCUT2D eigenvalue weighted by Crippen LogP contribution is 2.47. The SMILES string of the molecule is O=C(N/N=C\[C@H]1C[C@H]2CC[C@@H]1C2)c1cc(Cl)ccc1O. The molecule has 2 bridgehead atoms. The van der Waals surface area contributed by atoms with Crippen molar-refractivity contribution in [3.63, 3.8) is 0 Å². The molecule has 2 aliphatic carbocycles. The predicted octanol–water partition coefficient (Wildman–Crippen LogP) is 3.20. The van der Waals surface area contributed by atoms with Crippen LogP contribution in [0.3, 0.4) is 0 Å². The number of amides is 1. The Hall–Kier alpha value is -1.55. The zero-order valence-corrected chi connectivity index (χ0v) is 11.8. The smallest absolute Gasteiger partial charge is 0.275 e. The summed E-state index contributed by atoms with van der Waals surface area (Å²) in [6, 6.07) is 4.36. The molecule has 3 rings (SSSR count). The number of phenolic OH excluding ortho intramolecular Hbond substituents is 1. The average molecular weight is 293 g/mol. The van der Waals surface area contributed by atoms with Gasteiger partial charge in [0.2, 0.25) is 0 Å². The minimum Gasteiger partial charge on any atom is -0.507 e. The molecule has 0 radical (unpaired) electrons. The Labute approximate surface area is 122 Å². The number of rotatable bonds is 3. The molecular weight excluding hydrogens is 276 g/mol. The highest BCUT2D eigenvalue weighted by atomic mass is 35.5. The molecule has 1 amide bonds. The molecule has 0 spiro atoms. The fraction of sp³-hybridized carbons (Fsp3) is 0.467. The van der Waals surface area contributed by atoms with Crippen molar-refractivity contribution in [2.24, 2.45) is 22.9 Å². The Morgan fingerprint density at radius 3 is 2.95 bits per heavy atom. The number of halogens is 1. The lowest BCUT2D eigenvalue weighted by Gasteiger charge is -2.16. The van der Waals surface area contributed by atoms with Gasteiger partial charge < -0.3 is 5.11 Å². The normalized spacial score (nSPS) is 28.1. The van der Waals surface area contributed by atoms with Crippen molar-refractivity contribution in [2.75, 3.05) is 0 Å². The monoisotopic (exact) mass is 292 g/mol. The minimum atomic E-state index is -0.440. The third-order valence-electron chi connectivity index (χ3n) is 4.43. The summed E-state index contributed by atoms with van der Waals surface area (Å²) < 4.78 is 0. The van der Waals surface area contributed by atoms with Gasteiger partial charge in [-0.25, -0.2) is 5.43 Å². The van der Waals surface area contributed by atoms with E-state index >= 15 is 0 Å². The lowest BCUT2D eigenvalue weighted by Crippen LogP contribution is -2.20. The number of phenols is 1. The van der Waals surface area contributed by atoms with Gasteiger partial charge in [0, 0.05) is 11.2 Å². The van der Waals surface area contributed by atoms with Gasteiger partial charge in [0.1, 0.15) is 5.75 Å². The van der Waals surface area contributed by atoms with E-state index in [4.69, 9.17) is 11.6 Å². The van der Waals surface area contributed by atoms with E-state index in [2.05, 4.69) is 10.5 Å². The molecule has 2 saturated carbocycles. The Bertz CT molecular complexity index is 559. The van der Waals surface area contributed by atoms with E-state index in [1.165, 1.54) is 43.9 Å². The van der Waals surface area contributed by atoms with E-state index in [1.54, 1.807) is 0 Å². The van der Waals surface area contributed by atoms with E-state index < -0.39 is 5.91 Å². The van der Waals surface area contributed by atoms with Crippen LogP contribution in [0.15, 0.2) is 23.3 Å². The molecule has 2 aliphatic rings. The van der Waals surface area contributed by atoms with Crippen molar-refractivity contribution in [2.45, 2.75) is 25.7 Å². The van der Waals surface area contributed by atoms with Gasteiger partial charge in [0.25, 0.3) is 5.91 Å². The quantitative estimate of drug-likeness (QED) is 0.664. The second kappa shape index (κ2) is 5.44. The number of benzene rings is 1. The van der Waals surface area contributed by atoms with Crippen LogP contribution >= 0.6 is 11.6 Å². The van der Waals surface area contributed by atoms with Gasteiger partial charge in [-0.1, -0.05) is 18.0 Å². The summed E-state index contributed by atoms with van der Waals surface area (Å²) in [4.78, 5) is 11.9. The first-order valence-corrected chi connectivity index (χ1v) is 7.33. The molecule has 20 heavy (non-hydrogen) atoms. The van der Waals surface area contributed by atoms with Crippen LogP contribution in [0, 0.1) is 17.8 Å². The van der Waals surface area contributed by atoms with Crippen molar-refractivity contribution >= 4 is 23.7 Å². The molecule has 1 aromatic rings. The number of nitrogens with one attached hydrogen (secondary N) is 1. The maximum atomic E-state index is 11.9. The largest absolute Gasteiger partial charge is 0.507 e. The maximum Gasteiger partial charge on any atom is 0.275 e. The fourth-order valence-electron chi connectivity index (χ4n) is 3.42. The van der Waals surface area contributed by atoms with Gasteiger partial charge >= 0.3 is 0 Å². The molecule has 3 atom stereocenters. The molecule has 0 aliphatic heterocycles. The van der Waals surface area contributed by atoms with Crippen LogP contribution in [0.25, 0.3) is 0 Å². The van der Waals surface area contributed by atoms with E-state index in [0.29, 0.717) is 10.9 Å². The van der Waals surface area contributed by atoms with E-state index in [1.807, 2.05) is 6.21 Å². The summed E-state index contributed by atoms with van der Waals surface area (Å²) in [7, 11) is 0. The Kier molecular flexibility index (Phi) is 3.66. The number of carbonyl (C=O) groups is 1. The highest BCUT2D eigenvalue weighted by Gasteiger charge is 2.38. The summed E-state index contributed by atoms with van der Waals surface area (Å²) in [6.45, 7) is 0. The second-order valence-electron chi connectivity index (χ2n) is 5.72. The molecule has 5 heteroatoms. The van der Waals surface area contributed by atoms with Gasteiger partial charge in [-0.3, -0.25) is 4.79 Å². The standard InChI is InChI=1S/C15H17ClN2O2/c16-12-3-4-14(19)13(7-12)15(20)18-17-8-11-6-9-1-2-10(11)5-9/h3-4,7-11,19H,1-2,5-6H2,(H,18,20)/b17-8-/t9-,10+,11+/m0/s1.